The highest BCUT2D eigenvalue weighted by Gasteiger charge is 2.10. The number of benzene rings is 1. The standard InChI is InChI=1S/C19H21N3O2/c1-3-14(2)19(23)21-15-7-6-8-17(11-15)24-13-16-12-22-10-5-4-9-18(22)20-16/h4-12,14H,3,13H2,1-2H3,(H,21,23). The summed E-state index contributed by atoms with van der Waals surface area (Å²) >= 11 is 0. The molecule has 0 spiro atoms. The van der Waals surface area contributed by atoms with Crippen molar-refractivity contribution in [3.63, 3.8) is 0 Å². The minimum atomic E-state index is -0.00690. The number of fused-ring (bicyclic) bond motifs is 1. The van der Waals surface area contributed by atoms with E-state index in [1.807, 2.05) is 73.1 Å². The molecular weight excluding hydrogens is 302 g/mol. The number of nitrogens with one attached hydrogen (secondary N) is 1. The van der Waals surface area contributed by atoms with E-state index in [4.69, 9.17) is 4.74 Å². The largest absolute Gasteiger partial charge is 0.487 e. The normalized spacial score (nSPS) is 12.1. The molecule has 1 amide bonds. The van der Waals surface area contributed by atoms with E-state index in [1.54, 1.807) is 0 Å². The van der Waals surface area contributed by atoms with Gasteiger partial charge in [0.1, 0.15) is 18.0 Å². The Morgan fingerprint density at radius 3 is 2.96 bits per heavy atom. The predicted octanol–water partition coefficient (Wildman–Crippen LogP) is 3.90. The second-order valence-corrected chi connectivity index (χ2v) is 5.81. The maximum atomic E-state index is 12.0. The van der Waals surface area contributed by atoms with Crippen LogP contribution in [0.25, 0.3) is 5.65 Å². The Kier molecular flexibility index (Phi) is 4.79. The van der Waals surface area contributed by atoms with Gasteiger partial charge in [0.15, 0.2) is 0 Å². The van der Waals surface area contributed by atoms with Gasteiger partial charge in [-0.15, -0.1) is 0 Å². The van der Waals surface area contributed by atoms with Crippen molar-refractivity contribution in [3.8, 4) is 5.75 Å². The average molecular weight is 323 g/mol. The zero-order valence-corrected chi connectivity index (χ0v) is 13.9. The number of nitrogens with zero attached hydrogens (tertiary/aromatic N) is 2. The van der Waals surface area contributed by atoms with Crippen LogP contribution in [0.3, 0.4) is 0 Å². The van der Waals surface area contributed by atoms with Crippen molar-refractivity contribution in [2.45, 2.75) is 26.9 Å². The number of amides is 1. The number of anilines is 1. The number of carbonyl (C=O) groups excluding carboxylic acids is 1. The summed E-state index contributed by atoms with van der Waals surface area (Å²) in [4.78, 5) is 16.5. The maximum absolute atomic E-state index is 12.0. The van der Waals surface area contributed by atoms with Crippen molar-refractivity contribution < 1.29 is 9.53 Å². The molecule has 24 heavy (non-hydrogen) atoms. The zero-order chi connectivity index (χ0) is 16.9. The van der Waals surface area contributed by atoms with Gasteiger partial charge in [-0.2, -0.15) is 0 Å². The summed E-state index contributed by atoms with van der Waals surface area (Å²) in [6.07, 6.45) is 4.72. The maximum Gasteiger partial charge on any atom is 0.227 e. The monoisotopic (exact) mass is 323 g/mol. The molecule has 5 nitrogen and oxygen atoms in total. The predicted molar refractivity (Wildman–Crippen MR) is 94.1 cm³/mol. The van der Waals surface area contributed by atoms with E-state index in [9.17, 15) is 4.79 Å². The third-order valence-electron chi connectivity index (χ3n) is 3.96. The van der Waals surface area contributed by atoms with Crippen LogP contribution in [0.2, 0.25) is 0 Å². The number of imidazole rings is 1. The van der Waals surface area contributed by atoms with Crippen LogP contribution in [-0.2, 0) is 11.4 Å². The van der Waals surface area contributed by atoms with E-state index in [2.05, 4.69) is 10.3 Å². The highest BCUT2D eigenvalue weighted by molar-refractivity contribution is 5.92. The number of rotatable bonds is 6. The van der Waals surface area contributed by atoms with Gasteiger partial charge in [-0.1, -0.05) is 26.0 Å². The average Bonchev–Trinajstić information content (AvgIpc) is 3.02. The molecule has 2 aromatic heterocycles. The fourth-order valence-corrected chi connectivity index (χ4v) is 2.33. The summed E-state index contributed by atoms with van der Waals surface area (Å²) in [5.74, 6) is 0.719. The fraction of sp³-hybridized carbons (Fsp3) is 0.263. The number of aromatic nitrogens is 2. The molecule has 0 saturated carbocycles. The lowest BCUT2D eigenvalue weighted by Crippen LogP contribution is -2.19. The van der Waals surface area contributed by atoms with Crippen LogP contribution < -0.4 is 10.1 Å². The summed E-state index contributed by atoms with van der Waals surface area (Å²) in [5, 5.41) is 2.91. The van der Waals surface area contributed by atoms with E-state index in [0.717, 1.165) is 23.4 Å². The molecule has 2 heterocycles. The van der Waals surface area contributed by atoms with Gasteiger partial charge in [-0.3, -0.25) is 4.79 Å². The minimum Gasteiger partial charge on any atom is -0.487 e. The molecule has 0 aliphatic carbocycles. The highest BCUT2D eigenvalue weighted by atomic mass is 16.5. The molecule has 0 radical (unpaired) electrons. The van der Waals surface area contributed by atoms with Crippen LogP contribution in [0.4, 0.5) is 5.69 Å². The first-order valence-corrected chi connectivity index (χ1v) is 8.12. The Bertz CT molecular complexity index is 808. The Morgan fingerprint density at radius 2 is 2.17 bits per heavy atom. The lowest BCUT2D eigenvalue weighted by molar-refractivity contribution is -0.119. The molecule has 1 N–H and O–H groups in total. The number of carbonyl (C=O) groups is 1. The number of hydrogen-bond acceptors (Lipinski definition) is 3. The molecule has 1 atom stereocenters. The number of ether oxygens (including phenoxy) is 1. The summed E-state index contributed by atoms with van der Waals surface area (Å²) < 4.78 is 7.76. The Morgan fingerprint density at radius 1 is 1.29 bits per heavy atom. The van der Waals surface area contributed by atoms with Crippen molar-refractivity contribution in [1.29, 1.82) is 0 Å². The molecule has 5 heteroatoms. The molecule has 0 aliphatic rings. The van der Waals surface area contributed by atoms with Gasteiger partial charge in [0, 0.05) is 30.1 Å². The Hall–Kier alpha value is -2.82. The summed E-state index contributed by atoms with van der Waals surface area (Å²) in [7, 11) is 0. The molecule has 0 aliphatic heterocycles. The van der Waals surface area contributed by atoms with Crippen molar-refractivity contribution >= 4 is 17.2 Å². The molecule has 1 aromatic carbocycles. The molecule has 1 unspecified atom stereocenters. The molecule has 3 rings (SSSR count). The van der Waals surface area contributed by atoms with E-state index >= 15 is 0 Å². The van der Waals surface area contributed by atoms with Gasteiger partial charge in [0.05, 0.1) is 5.69 Å². The molecule has 0 bridgehead atoms. The number of pyridine rings is 1. The van der Waals surface area contributed by atoms with E-state index < -0.39 is 0 Å². The Labute approximate surface area is 141 Å². The smallest absolute Gasteiger partial charge is 0.227 e. The van der Waals surface area contributed by atoms with Gasteiger partial charge in [-0.05, 0) is 30.7 Å². The van der Waals surface area contributed by atoms with Crippen LogP contribution in [0, 0.1) is 5.92 Å². The van der Waals surface area contributed by atoms with Crippen LogP contribution in [-0.4, -0.2) is 15.3 Å². The van der Waals surface area contributed by atoms with Crippen LogP contribution in [0.5, 0.6) is 5.75 Å². The van der Waals surface area contributed by atoms with Gasteiger partial charge < -0.3 is 14.5 Å². The molecule has 3 aromatic rings. The van der Waals surface area contributed by atoms with Crippen molar-refractivity contribution in [2.75, 3.05) is 5.32 Å². The summed E-state index contributed by atoms with van der Waals surface area (Å²) in [5.41, 5.74) is 2.49. The zero-order valence-electron chi connectivity index (χ0n) is 13.9. The fourth-order valence-electron chi connectivity index (χ4n) is 2.33. The summed E-state index contributed by atoms with van der Waals surface area (Å²) in [6.45, 7) is 4.29. The highest BCUT2D eigenvalue weighted by Crippen LogP contribution is 2.19. The third kappa shape index (κ3) is 3.74. The molecular formula is C19H21N3O2. The van der Waals surface area contributed by atoms with E-state index in [-0.39, 0.29) is 11.8 Å². The summed E-state index contributed by atoms with van der Waals surface area (Å²) in [6, 6.07) is 13.3. The van der Waals surface area contributed by atoms with Crippen LogP contribution in [0.15, 0.2) is 54.9 Å². The first-order valence-electron chi connectivity index (χ1n) is 8.12. The minimum absolute atomic E-state index is 0.00690. The SMILES string of the molecule is CCC(C)C(=O)Nc1cccc(OCc2cn3ccccc3n2)c1. The van der Waals surface area contributed by atoms with Crippen LogP contribution >= 0.6 is 0 Å². The van der Waals surface area contributed by atoms with Crippen molar-refractivity contribution in [3.05, 3.63) is 60.6 Å². The third-order valence-corrected chi connectivity index (χ3v) is 3.96. The molecule has 0 saturated heterocycles. The topological polar surface area (TPSA) is 55.6 Å². The first-order chi connectivity index (χ1) is 11.7. The van der Waals surface area contributed by atoms with Gasteiger partial charge >= 0.3 is 0 Å². The quantitative estimate of drug-likeness (QED) is 0.748. The van der Waals surface area contributed by atoms with E-state index in [1.165, 1.54) is 0 Å². The van der Waals surface area contributed by atoms with Gasteiger partial charge in [-0.25, -0.2) is 4.98 Å². The van der Waals surface area contributed by atoms with Crippen molar-refractivity contribution in [1.82, 2.24) is 9.38 Å². The Balaban J connectivity index is 1.65. The first kappa shape index (κ1) is 16.1. The second-order valence-electron chi connectivity index (χ2n) is 5.81. The lowest BCUT2D eigenvalue weighted by atomic mass is 10.1. The van der Waals surface area contributed by atoms with Crippen molar-refractivity contribution in [2.24, 2.45) is 5.92 Å². The molecule has 0 fully saturated rings. The second kappa shape index (κ2) is 7.17. The van der Waals surface area contributed by atoms with E-state index in [0.29, 0.717) is 12.4 Å². The number of hydrogen-bond donors (Lipinski definition) is 1. The lowest BCUT2D eigenvalue weighted by Gasteiger charge is -2.11. The molecule has 124 valence electrons. The van der Waals surface area contributed by atoms with Gasteiger partial charge in [0.25, 0.3) is 0 Å². The van der Waals surface area contributed by atoms with Crippen LogP contribution in [0.1, 0.15) is 26.0 Å². The van der Waals surface area contributed by atoms with Gasteiger partial charge in [0.2, 0.25) is 5.91 Å².